The molecule has 5 heteroatoms. The van der Waals surface area contributed by atoms with Gasteiger partial charge in [0.15, 0.2) is 5.78 Å². The fourth-order valence-electron chi connectivity index (χ4n) is 1.71. The number of hydrogen-bond donors (Lipinski definition) is 3. The van der Waals surface area contributed by atoms with Crippen molar-refractivity contribution in [3.63, 3.8) is 0 Å². The summed E-state index contributed by atoms with van der Waals surface area (Å²) in [5, 5.41) is 27.7. The summed E-state index contributed by atoms with van der Waals surface area (Å²) in [5.74, 6) is -1.50. The Labute approximate surface area is 120 Å². The number of carbonyl (C=O) groups excluding carboxylic acids is 1. The number of carbonyl (C=O) groups is 2. The van der Waals surface area contributed by atoms with Crippen LogP contribution in [0.15, 0.2) is 48.5 Å². The summed E-state index contributed by atoms with van der Waals surface area (Å²) < 4.78 is 0. The standard InChI is InChI=1S/C16H12O5/c17-13-5-1-10(2-6-13)14(18)7-3-11-9-12(16(20)21)4-8-15(11)19/h1-9,17,19H,(H,20,21). The summed E-state index contributed by atoms with van der Waals surface area (Å²) in [6.07, 6.45) is 2.57. The second kappa shape index (κ2) is 5.92. The zero-order valence-electron chi connectivity index (χ0n) is 10.9. The van der Waals surface area contributed by atoms with Crippen LogP contribution in [0.2, 0.25) is 0 Å². The van der Waals surface area contributed by atoms with Crippen LogP contribution >= 0.6 is 0 Å². The molecule has 0 radical (unpaired) electrons. The first-order valence-electron chi connectivity index (χ1n) is 6.05. The van der Waals surface area contributed by atoms with Gasteiger partial charge in [-0.15, -0.1) is 0 Å². The zero-order chi connectivity index (χ0) is 15.4. The Balaban J connectivity index is 2.24. The third kappa shape index (κ3) is 3.48. The van der Waals surface area contributed by atoms with Crippen molar-refractivity contribution in [1.29, 1.82) is 0 Å². The van der Waals surface area contributed by atoms with Crippen molar-refractivity contribution in [2.24, 2.45) is 0 Å². The van der Waals surface area contributed by atoms with Crippen molar-refractivity contribution in [3.8, 4) is 11.5 Å². The molecular formula is C16H12O5. The fraction of sp³-hybridized carbons (Fsp3) is 0. The van der Waals surface area contributed by atoms with E-state index in [9.17, 15) is 14.7 Å². The molecule has 0 saturated heterocycles. The van der Waals surface area contributed by atoms with E-state index in [4.69, 9.17) is 10.2 Å². The summed E-state index contributed by atoms with van der Waals surface area (Å²) in [5.41, 5.74) is 0.629. The number of phenolic OH excluding ortho intramolecular Hbond substituents is 2. The molecule has 0 bridgehead atoms. The molecule has 0 amide bonds. The number of hydrogen-bond acceptors (Lipinski definition) is 4. The summed E-state index contributed by atoms with van der Waals surface area (Å²) in [6.45, 7) is 0. The normalized spacial score (nSPS) is 10.7. The summed E-state index contributed by atoms with van der Waals surface area (Å²) in [6, 6.07) is 9.53. The lowest BCUT2D eigenvalue weighted by molar-refractivity contribution is 0.0696. The van der Waals surface area contributed by atoms with Crippen LogP contribution < -0.4 is 0 Å². The predicted molar refractivity (Wildman–Crippen MR) is 76.5 cm³/mol. The number of carboxylic acid groups (broad SMARTS) is 1. The highest BCUT2D eigenvalue weighted by Gasteiger charge is 2.07. The topological polar surface area (TPSA) is 94.8 Å². The third-order valence-electron chi connectivity index (χ3n) is 2.84. The number of ketones is 1. The van der Waals surface area contributed by atoms with Gasteiger partial charge in [0, 0.05) is 11.1 Å². The molecule has 0 fully saturated rings. The maximum Gasteiger partial charge on any atom is 0.335 e. The van der Waals surface area contributed by atoms with E-state index in [1.54, 1.807) is 0 Å². The lowest BCUT2D eigenvalue weighted by Gasteiger charge is -2.01. The van der Waals surface area contributed by atoms with Crippen LogP contribution in [0.3, 0.4) is 0 Å². The minimum atomic E-state index is -1.12. The maximum atomic E-state index is 11.9. The second-order valence-electron chi connectivity index (χ2n) is 4.32. The Kier molecular flexibility index (Phi) is 4.04. The van der Waals surface area contributed by atoms with E-state index in [1.807, 2.05) is 0 Å². The van der Waals surface area contributed by atoms with Crippen LogP contribution in [0.5, 0.6) is 11.5 Å². The Morgan fingerprint density at radius 2 is 1.52 bits per heavy atom. The van der Waals surface area contributed by atoms with Gasteiger partial charge in [-0.1, -0.05) is 0 Å². The van der Waals surface area contributed by atoms with E-state index in [1.165, 1.54) is 54.6 Å². The van der Waals surface area contributed by atoms with Crippen molar-refractivity contribution in [3.05, 3.63) is 65.2 Å². The van der Waals surface area contributed by atoms with Gasteiger partial charge in [-0.25, -0.2) is 4.79 Å². The smallest absolute Gasteiger partial charge is 0.335 e. The Morgan fingerprint density at radius 3 is 2.14 bits per heavy atom. The number of allylic oxidation sites excluding steroid dienone is 1. The lowest BCUT2D eigenvalue weighted by atomic mass is 10.1. The third-order valence-corrected chi connectivity index (χ3v) is 2.84. The van der Waals surface area contributed by atoms with Crippen LogP contribution in [0.25, 0.3) is 6.08 Å². The SMILES string of the molecule is O=C(O)c1ccc(O)c(C=CC(=O)c2ccc(O)cc2)c1. The molecule has 106 valence electrons. The monoisotopic (exact) mass is 284 g/mol. The van der Waals surface area contributed by atoms with Crippen molar-refractivity contribution >= 4 is 17.8 Å². The molecule has 0 aromatic heterocycles. The second-order valence-corrected chi connectivity index (χ2v) is 4.32. The van der Waals surface area contributed by atoms with Crippen LogP contribution in [0.4, 0.5) is 0 Å². The van der Waals surface area contributed by atoms with Crippen LogP contribution in [0, 0.1) is 0 Å². The average molecular weight is 284 g/mol. The molecule has 0 unspecified atom stereocenters. The molecule has 5 nitrogen and oxygen atoms in total. The van der Waals surface area contributed by atoms with Gasteiger partial charge in [-0.05, 0) is 54.6 Å². The van der Waals surface area contributed by atoms with Crippen LogP contribution in [-0.2, 0) is 0 Å². The molecule has 2 aromatic rings. The van der Waals surface area contributed by atoms with Gasteiger partial charge in [0.1, 0.15) is 11.5 Å². The molecule has 2 aromatic carbocycles. The van der Waals surface area contributed by atoms with Crippen LogP contribution in [-0.4, -0.2) is 27.1 Å². The van der Waals surface area contributed by atoms with E-state index in [0.717, 1.165) is 0 Å². The molecule has 0 atom stereocenters. The fourth-order valence-corrected chi connectivity index (χ4v) is 1.71. The minimum absolute atomic E-state index is 0.0181. The van der Waals surface area contributed by atoms with Gasteiger partial charge in [-0.2, -0.15) is 0 Å². The van der Waals surface area contributed by atoms with Gasteiger partial charge in [-0.3, -0.25) is 4.79 Å². The molecule has 0 aliphatic heterocycles. The van der Waals surface area contributed by atoms with Crippen molar-refractivity contribution in [2.45, 2.75) is 0 Å². The van der Waals surface area contributed by atoms with Crippen LogP contribution in [0.1, 0.15) is 26.3 Å². The quantitative estimate of drug-likeness (QED) is 0.592. The number of benzene rings is 2. The molecule has 0 saturated carbocycles. The first kappa shape index (κ1) is 14.3. The molecule has 0 aliphatic carbocycles. The number of rotatable bonds is 4. The number of aromatic carboxylic acids is 1. The molecule has 2 rings (SSSR count). The van der Waals surface area contributed by atoms with Crippen molar-refractivity contribution in [1.82, 2.24) is 0 Å². The summed E-state index contributed by atoms with van der Waals surface area (Å²) in [4.78, 5) is 22.8. The van der Waals surface area contributed by atoms with Gasteiger partial charge in [0.2, 0.25) is 0 Å². The van der Waals surface area contributed by atoms with E-state index in [0.29, 0.717) is 5.56 Å². The zero-order valence-corrected chi connectivity index (χ0v) is 10.9. The van der Waals surface area contributed by atoms with E-state index in [-0.39, 0.29) is 28.4 Å². The highest BCUT2D eigenvalue weighted by molar-refractivity contribution is 6.07. The predicted octanol–water partition coefficient (Wildman–Crippen LogP) is 2.69. The van der Waals surface area contributed by atoms with E-state index >= 15 is 0 Å². The average Bonchev–Trinajstić information content (AvgIpc) is 2.46. The van der Waals surface area contributed by atoms with Gasteiger partial charge in [0.05, 0.1) is 5.56 Å². The Bertz CT molecular complexity index is 714. The van der Waals surface area contributed by atoms with Crippen molar-refractivity contribution < 1.29 is 24.9 Å². The molecule has 0 spiro atoms. The lowest BCUT2D eigenvalue weighted by Crippen LogP contribution is -1.96. The molecule has 0 heterocycles. The minimum Gasteiger partial charge on any atom is -0.508 e. The summed E-state index contributed by atoms with van der Waals surface area (Å²) in [7, 11) is 0. The molecular weight excluding hydrogens is 272 g/mol. The maximum absolute atomic E-state index is 11.9. The van der Waals surface area contributed by atoms with Gasteiger partial charge in [0.25, 0.3) is 0 Å². The van der Waals surface area contributed by atoms with Gasteiger partial charge >= 0.3 is 5.97 Å². The molecule has 0 aliphatic rings. The van der Waals surface area contributed by atoms with E-state index in [2.05, 4.69) is 0 Å². The van der Waals surface area contributed by atoms with Gasteiger partial charge < -0.3 is 15.3 Å². The number of carboxylic acids is 1. The highest BCUT2D eigenvalue weighted by atomic mass is 16.4. The first-order valence-corrected chi connectivity index (χ1v) is 6.05. The Hall–Kier alpha value is -3.08. The highest BCUT2D eigenvalue weighted by Crippen LogP contribution is 2.20. The number of phenols is 2. The van der Waals surface area contributed by atoms with Crippen molar-refractivity contribution in [2.75, 3.05) is 0 Å². The molecule has 21 heavy (non-hydrogen) atoms. The summed E-state index contributed by atoms with van der Waals surface area (Å²) >= 11 is 0. The molecule has 3 N–H and O–H groups in total. The first-order chi connectivity index (χ1) is 9.97. The largest absolute Gasteiger partial charge is 0.508 e. The van der Waals surface area contributed by atoms with E-state index < -0.39 is 5.97 Å². The number of aromatic hydroxyl groups is 2. The Morgan fingerprint density at radius 1 is 0.905 bits per heavy atom.